The Bertz CT molecular complexity index is 220. The lowest BCUT2D eigenvalue weighted by molar-refractivity contribution is 1.13. The molecule has 12 heavy (non-hydrogen) atoms. The number of benzene rings is 1. The van der Waals surface area contributed by atoms with Gasteiger partial charge in [0.05, 0.1) is 0 Å². The van der Waals surface area contributed by atoms with Gasteiger partial charge in [-0.25, -0.2) is 0 Å². The molecule has 0 nitrogen and oxygen atoms in total. The molecule has 0 saturated heterocycles. The molecule has 0 amide bonds. The number of hydrogen-bond acceptors (Lipinski definition) is 2. The lowest BCUT2D eigenvalue weighted by Gasteiger charge is -1.99. The fourth-order valence-electron chi connectivity index (χ4n) is 0.785. The van der Waals surface area contributed by atoms with Crippen LogP contribution in [0.3, 0.4) is 0 Å². The zero-order valence-corrected chi connectivity index (χ0v) is 9.96. The predicted octanol–water partition coefficient (Wildman–Crippen LogP) is 3.86. The molecule has 0 aliphatic rings. The van der Waals surface area contributed by atoms with E-state index < -0.39 is 0 Å². The van der Waals surface area contributed by atoms with E-state index in [1.807, 2.05) is 11.8 Å². The van der Waals surface area contributed by atoms with Gasteiger partial charge >= 0.3 is 0 Å². The number of hydrogen-bond donors (Lipinski definition) is 1. The Morgan fingerprint density at radius 1 is 1.25 bits per heavy atom. The number of thioether (sulfide) groups is 1. The number of thiol groups is 1. The van der Waals surface area contributed by atoms with E-state index in [9.17, 15) is 0 Å². The van der Waals surface area contributed by atoms with Gasteiger partial charge in [0.15, 0.2) is 0 Å². The summed E-state index contributed by atoms with van der Waals surface area (Å²) in [4.78, 5) is 1.33. The molecule has 0 spiro atoms. The average molecular weight is 263 g/mol. The van der Waals surface area contributed by atoms with E-state index in [1.54, 1.807) is 0 Å². The second kappa shape index (κ2) is 5.95. The molecule has 1 rings (SSSR count). The second-order valence-corrected chi connectivity index (χ2v) is 4.91. The Kier molecular flexibility index (Phi) is 5.19. The third-order valence-corrected chi connectivity index (χ3v) is 3.33. The van der Waals surface area contributed by atoms with Crippen molar-refractivity contribution >= 4 is 40.3 Å². The SMILES string of the molecule is SCCCSc1ccc(Br)cc1. The van der Waals surface area contributed by atoms with Gasteiger partial charge in [0.1, 0.15) is 0 Å². The average Bonchev–Trinajstić information content (AvgIpc) is 2.09. The van der Waals surface area contributed by atoms with E-state index in [-0.39, 0.29) is 0 Å². The molecule has 0 aliphatic heterocycles. The van der Waals surface area contributed by atoms with Crippen molar-refractivity contribution in [3.8, 4) is 0 Å². The molecule has 0 saturated carbocycles. The summed E-state index contributed by atoms with van der Waals surface area (Å²) in [5, 5.41) is 0. The molecule has 0 aromatic heterocycles. The quantitative estimate of drug-likeness (QED) is 0.489. The third kappa shape index (κ3) is 3.87. The third-order valence-electron chi connectivity index (χ3n) is 1.38. The van der Waals surface area contributed by atoms with Gasteiger partial charge in [-0.15, -0.1) is 11.8 Å². The highest BCUT2D eigenvalue weighted by atomic mass is 79.9. The number of rotatable bonds is 4. The molecule has 0 radical (unpaired) electrons. The molecule has 3 heteroatoms. The highest BCUT2D eigenvalue weighted by Crippen LogP contribution is 2.21. The van der Waals surface area contributed by atoms with Crippen LogP contribution in [-0.4, -0.2) is 11.5 Å². The van der Waals surface area contributed by atoms with E-state index in [2.05, 4.69) is 52.8 Å². The van der Waals surface area contributed by atoms with Crippen LogP contribution in [0.15, 0.2) is 33.6 Å². The van der Waals surface area contributed by atoms with Crippen molar-refractivity contribution in [3.63, 3.8) is 0 Å². The monoisotopic (exact) mass is 262 g/mol. The molecular formula is C9H11BrS2. The van der Waals surface area contributed by atoms with Crippen LogP contribution in [-0.2, 0) is 0 Å². The maximum atomic E-state index is 4.16. The van der Waals surface area contributed by atoms with Crippen molar-refractivity contribution in [1.29, 1.82) is 0 Å². The first-order valence-corrected chi connectivity index (χ1v) is 6.23. The minimum atomic E-state index is 0.976. The highest BCUT2D eigenvalue weighted by Gasteiger charge is 1.92. The molecule has 1 aromatic rings. The van der Waals surface area contributed by atoms with Gasteiger partial charge in [-0.3, -0.25) is 0 Å². The maximum absolute atomic E-state index is 4.16. The van der Waals surface area contributed by atoms with E-state index in [1.165, 1.54) is 11.3 Å². The van der Waals surface area contributed by atoms with Crippen LogP contribution in [0.25, 0.3) is 0 Å². The summed E-state index contributed by atoms with van der Waals surface area (Å²) in [5.74, 6) is 2.13. The smallest absolute Gasteiger partial charge is 0.0176 e. The molecule has 66 valence electrons. The first-order valence-electron chi connectivity index (χ1n) is 3.82. The zero-order valence-electron chi connectivity index (χ0n) is 6.66. The maximum Gasteiger partial charge on any atom is 0.0176 e. The Balaban J connectivity index is 2.37. The molecule has 0 fully saturated rings. The van der Waals surface area contributed by atoms with Gasteiger partial charge in [0, 0.05) is 9.37 Å². The Labute approximate surface area is 91.7 Å². The van der Waals surface area contributed by atoms with E-state index in [0.29, 0.717) is 0 Å². The second-order valence-electron chi connectivity index (χ2n) is 2.38. The topological polar surface area (TPSA) is 0 Å². The first kappa shape index (κ1) is 10.5. The molecule has 0 N–H and O–H groups in total. The molecule has 0 bridgehead atoms. The summed E-state index contributed by atoms with van der Waals surface area (Å²) < 4.78 is 1.14. The summed E-state index contributed by atoms with van der Waals surface area (Å²) in [7, 11) is 0. The molecule has 0 unspecified atom stereocenters. The van der Waals surface area contributed by atoms with Gasteiger partial charge in [0.2, 0.25) is 0 Å². The minimum absolute atomic E-state index is 0.976. The normalized spacial score (nSPS) is 10.2. The summed E-state index contributed by atoms with van der Waals surface area (Å²) >= 11 is 9.45. The lowest BCUT2D eigenvalue weighted by atomic mass is 10.4. The predicted molar refractivity (Wildman–Crippen MR) is 63.3 cm³/mol. The zero-order chi connectivity index (χ0) is 8.81. The largest absolute Gasteiger partial charge is 0.179 e. The molecule has 0 aliphatic carbocycles. The summed E-state index contributed by atoms with van der Waals surface area (Å²) in [6.07, 6.45) is 1.17. The van der Waals surface area contributed by atoms with Crippen molar-refractivity contribution in [2.24, 2.45) is 0 Å². The van der Waals surface area contributed by atoms with E-state index in [4.69, 9.17) is 0 Å². The van der Waals surface area contributed by atoms with Gasteiger partial charge < -0.3 is 0 Å². The summed E-state index contributed by atoms with van der Waals surface area (Å²) in [6.45, 7) is 0. The van der Waals surface area contributed by atoms with Crippen LogP contribution < -0.4 is 0 Å². The van der Waals surface area contributed by atoms with Crippen LogP contribution in [0.5, 0.6) is 0 Å². The minimum Gasteiger partial charge on any atom is -0.179 e. The van der Waals surface area contributed by atoms with Crippen molar-refractivity contribution < 1.29 is 0 Å². The Hall–Kier alpha value is 0.400. The van der Waals surface area contributed by atoms with Crippen LogP contribution in [0, 0.1) is 0 Å². The summed E-state index contributed by atoms with van der Waals surface area (Å²) in [6, 6.07) is 8.41. The van der Waals surface area contributed by atoms with Crippen molar-refractivity contribution in [2.45, 2.75) is 11.3 Å². The Morgan fingerprint density at radius 2 is 1.92 bits per heavy atom. The van der Waals surface area contributed by atoms with E-state index in [0.717, 1.165) is 16.0 Å². The molecule has 0 heterocycles. The number of halogens is 1. The lowest BCUT2D eigenvalue weighted by Crippen LogP contribution is -1.80. The van der Waals surface area contributed by atoms with Gasteiger partial charge in [-0.1, -0.05) is 15.9 Å². The summed E-state index contributed by atoms with van der Waals surface area (Å²) in [5.41, 5.74) is 0. The molecule has 1 aromatic carbocycles. The standard InChI is InChI=1S/C9H11BrS2/c10-8-2-4-9(5-3-8)12-7-1-6-11/h2-5,11H,1,6-7H2. The highest BCUT2D eigenvalue weighted by molar-refractivity contribution is 9.10. The van der Waals surface area contributed by atoms with Gasteiger partial charge in [0.25, 0.3) is 0 Å². The van der Waals surface area contributed by atoms with Crippen molar-refractivity contribution in [2.75, 3.05) is 11.5 Å². The molecular weight excluding hydrogens is 252 g/mol. The van der Waals surface area contributed by atoms with Crippen molar-refractivity contribution in [1.82, 2.24) is 0 Å². The van der Waals surface area contributed by atoms with Crippen LogP contribution in [0.1, 0.15) is 6.42 Å². The Morgan fingerprint density at radius 3 is 2.50 bits per heavy atom. The fraction of sp³-hybridized carbons (Fsp3) is 0.333. The first-order chi connectivity index (χ1) is 5.83. The van der Waals surface area contributed by atoms with Crippen molar-refractivity contribution in [3.05, 3.63) is 28.7 Å². The van der Waals surface area contributed by atoms with E-state index >= 15 is 0 Å². The van der Waals surface area contributed by atoms with Crippen LogP contribution in [0.2, 0.25) is 0 Å². The molecule has 0 atom stereocenters. The van der Waals surface area contributed by atoms with Gasteiger partial charge in [-0.05, 0) is 42.2 Å². The van der Waals surface area contributed by atoms with Crippen LogP contribution >= 0.6 is 40.3 Å². The van der Waals surface area contributed by atoms with Crippen LogP contribution in [0.4, 0.5) is 0 Å². The van der Waals surface area contributed by atoms with Gasteiger partial charge in [-0.2, -0.15) is 12.6 Å². The fourth-order valence-corrected chi connectivity index (χ4v) is 2.27.